The smallest absolute Gasteiger partial charge is 0.231 e. The van der Waals surface area contributed by atoms with Crippen LogP contribution in [0.15, 0.2) is 42.2 Å². The van der Waals surface area contributed by atoms with Crippen molar-refractivity contribution in [2.75, 3.05) is 13.7 Å². The molecule has 1 fully saturated rings. The number of hydrogen-bond donors (Lipinski definition) is 1. The van der Waals surface area contributed by atoms with Gasteiger partial charge in [0.05, 0.1) is 18.2 Å². The Labute approximate surface area is 165 Å². The summed E-state index contributed by atoms with van der Waals surface area (Å²) in [6, 6.07) is 11.1. The molecule has 0 radical (unpaired) electrons. The van der Waals surface area contributed by atoms with Crippen molar-refractivity contribution < 1.29 is 19.4 Å². The summed E-state index contributed by atoms with van der Waals surface area (Å²) in [5.41, 5.74) is 2.06. The highest BCUT2D eigenvalue weighted by Gasteiger charge is 2.32. The van der Waals surface area contributed by atoms with E-state index in [2.05, 4.69) is 11.8 Å². The Bertz CT molecular complexity index is 917. The largest absolute Gasteiger partial charge is 0.507 e. The number of carbonyl (C=O) groups is 1. The van der Waals surface area contributed by atoms with E-state index in [1.54, 1.807) is 25.3 Å². The highest BCUT2D eigenvalue weighted by molar-refractivity contribution is 6.15. The number of ether oxygens (including phenoxy) is 2. The first-order valence-electron chi connectivity index (χ1n) is 9.74. The number of rotatable bonds is 4. The number of aromatic hydroxyl groups is 1. The zero-order valence-corrected chi connectivity index (χ0v) is 16.3. The maximum atomic E-state index is 12.8. The average molecular weight is 379 g/mol. The van der Waals surface area contributed by atoms with Gasteiger partial charge >= 0.3 is 0 Å². The zero-order chi connectivity index (χ0) is 19.7. The maximum absolute atomic E-state index is 12.8. The predicted molar refractivity (Wildman–Crippen MR) is 108 cm³/mol. The molecule has 2 aliphatic heterocycles. The number of Topliss-reactive ketones (excluding diaryl/α,β-unsaturated/α-hetero) is 1. The summed E-state index contributed by atoms with van der Waals surface area (Å²) in [6.45, 7) is 3.78. The van der Waals surface area contributed by atoms with Gasteiger partial charge in [-0.3, -0.25) is 9.69 Å². The molecular formula is C23H25NO4. The van der Waals surface area contributed by atoms with Crippen LogP contribution in [0.3, 0.4) is 0 Å². The molecule has 2 aliphatic rings. The van der Waals surface area contributed by atoms with E-state index in [1.807, 2.05) is 24.3 Å². The molecule has 0 saturated carbocycles. The molecule has 0 aromatic heterocycles. The third-order valence-electron chi connectivity index (χ3n) is 5.63. The second-order valence-electron chi connectivity index (χ2n) is 7.47. The van der Waals surface area contributed by atoms with Gasteiger partial charge in [0.2, 0.25) is 5.78 Å². The topological polar surface area (TPSA) is 59.0 Å². The number of ketones is 1. The van der Waals surface area contributed by atoms with Crippen molar-refractivity contribution in [3.05, 3.63) is 58.8 Å². The van der Waals surface area contributed by atoms with Crippen LogP contribution in [0.1, 0.15) is 47.7 Å². The highest BCUT2D eigenvalue weighted by Crippen LogP contribution is 2.40. The van der Waals surface area contributed by atoms with E-state index in [9.17, 15) is 9.90 Å². The summed E-state index contributed by atoms with van der Waals surface area (Å²) in [5.74, 6) is 1.54. The van der Waals surface area contributed by atoms with Crippen molar-refractivity contribution in [3.8, 4) is 17.2 Å². The third-order valence-corrected chi connectivity index (χ3v) is 5.63. The minimum atomic E-state index is -0.154. The number of carbonyl (C=O) groups excluding carboxylic acids is 1. The van der Waals surface area contributed by atoms with E-state index in [1.165, 1.54) is 6.42 Å². The lowest BCUT2D eigenvalue weighted by Gasteiger charge is -2.33. The van der Waals surface area contributed by atoms with Crippen LogP contribution in [0.4, 0.5) is 0 Å². The lowest BCUT2D eigenvalue weighted by Crippen LogP contribution is -2.36. The van der Waals surface area contributed by atoms with Gasteiger partial charge < -0.3 is 14.6 Å². The Morgan fingerprint density at radius 3 is 2.71 bits per heavy atom. The van der Waals surface area contributed by atoms with Gasteiger partial charge in [-0.05, 0) is 62.2 Å². The van der Waals surface area contributed by atoms with Crippen LogP contribution >= 0.6 is 0 Å². The summed E-state index contributed by atoms with van der Waals surface area (Å²) < 4.78 is 11.1. The molecule has 5 heteroatoms. The second kappa shape index (κ2) is 7.68. The number of phenolic OH excluding ortho intramolecular Hbond substituents is 1. The summed E-state index contributed by atoms with van der Waals surface area (Å²) in [4.78, 5) is 15.2. The quantitative estimate of drug-likeness (QED) is 0.799. The fraction of sp³-hybridized carbons (Fsp3) is 0.348. The van der Waals surface area contributed by atoms with Crippen LogP contribution in [0.25, 0.3) is 6.08 Å². The molecule has 2 heterocycles. The van der Waals surface area contributed by atoms with Crippen LogP contribution in [-0.2, 0) is 6.54 Å². The van der Waals surface area contributed by atoms with E-state index in [-0.39, 0.29) is 17.3 Å². The predicted octanol–water partition coefficient (Wildman–Crippen LogP) is 4.39. The molecule has 1 saturated heterocycles. The van der Waals surface area contributed by atoms with Gasteiger partial charge in [-0.25, -0.2) is 0 Å². The molecule has 28 heavy (non-hydrogen) atoms. The van der Waals surface area contributed by atoms with Crippen molar-refractivity contribution in [2.24, 2.45) is 0 Å². The average Bonchev–Trinajstić information content (AvgIpc) is 3.02. The third kappa shape index (κ3) is 3.50. The van der Waals surface area contributed by atoms with E-state index in [4.69, 9.17) is 9.47 Å². The molecule has 0 bridgehead atoms. The molecule has 2 aromatic carbocycles. The Balaban J connectivity index is 1.63. The van der Waals surface area contributed by atoms with Gasteiger partial charge in [0.25, 0.3) is 0 Å². The van der Waals surface area contributed by atoms with Crippen LogP contribution in [-0.4, -0.2) is 35.5 Å². The Morgan fingerprint density at radius 2 is 2.00 bits per heavy atom. The van der Waals surface area contributed by atoms with Gasteiger partial charge in [0.15, 0.2) is 5.76 Å². The molecule has 0 amide bonds. The minimum Gasteiger partial charge on any atom is -0.507 e. The van der Waals surface area contributed by atoms with E-state index < -0.39 is 0 Å². The van der Waals surface area contributed by atoms with Gasteiger partial charge in [-0.2, -0.15) is 0 Å². The van der Waals surface area contributed by atoms with E-state index in [0.717, 1.165) is 30.7 Å². The lowest BCUT2D eigenvalue weighted by molar-refractivity contribution is 0.101. The van der Waals surface area contributed by atoms with Gasteiger partial charge in [-0.1, -0.05) is 18.6 Å². The summed E-state index contributed by atoms with van der Waals surface area (Å²) in [6.07, 6.45) is 5.27. The molecule has 1 N–H and O–H groups in total. The first kappa shape index (κ1) is 18.6. The molecule has 0 spiro atoms. The standard InChI is InChI=1S/C23H25NO4/c1-15-5-3-4-12-24(15)14-19-20(25)11-10-18-22(26)21(28-23(18)19)13-16-6-8-17(27-2)9-7-16/h6-11,13,15,25H,3-5,12,14H2,1-2H3/b21-13-/t15-/m1/s1. The molecule has 146 valence electrons. The van der Waals surface area contributed by atoms with Gasteiger partial charge in [0, 0.05) is 12.6 Å². The number of hydrogen-bond acceptors (Lipinski definition) is 5. The number of piperidine rings is 1. The van der Waals surface area contributed by atoms with Gasteiger partial charge in [0.1, 0.15) is 17.2 Å². The number of likely N-dealkylation sites (tertiary alicyclic amines) is 1. The number of fused-ring (bicyclic) bond motifs is 1. The normalized spacial score (nSPS) is 20.9. The van der Waals surface area contributed by atoms with Crippen LogP contribution in [0.2, 0.25) is 0 Å². The maximum Gasteiger partial charge on any atom is 0.231 e. The summed E-state index contributed by atoms with van der Waals surface area (Å²) in [7, 11) is 1.62. The van der Waals surface area contributed by atoms with Crippen LogP contribution in [0, 0.1) is 0 Å². The molecule has 0 unspecified atom stereocenters. The van der Waals surface area contributed by atoms with Crippen LogP contribution in [0.5, 0.6) is 17.2 Å². The van der Waals surface area contributed by atoms with Crippen molar-refractivity contribution in [1.82, 2.24) is 4.90 Å². The summed E-state index contributed by atoms with van der Waals surface area (Å²) >= 11 is 0. The number of nitrogens with zero attached hydrogens (tertiary/aromatic N) is 1. The van der Waals surface area contributed by atoms with E-state index in [0.29, 0.717) is 29.5 Å². The monoisotopic (exact) mass is 379 g/mol. The Morgan fingerprint density at radius 1 is 1.21 bits per heavy atom. The lowest BCUT2D eigenvalue weighted by atomic mass is 10.0. The Hall–Kier alpha value is -2.79. The summed E-state index contributed by atoms with van der Waals surface area (Å²) in [5, 5.41) is 10.5. The number of allylic oxidation sites excluding steroid dienone is 1. The van der Waals surface area contributed by atoms with Crippen molar-refractivity contribution in [1.29, 1.82) is 0 Å². The molecule has 1 atom stereocenters. The SMILES string of the molecule is COc1ccc(/C=C2\Oc3c(ccc(O)c3CN3CCCC[C@H]3C)C2=O)cc1. The van der Waals surface area contributed by atoms with Crippen molar-refractivity contribution >= 4 is 11.9 Å². The first-order valence-corrected chi connectivity index (χ1v) is 9.74. The zero-order valence-electron chi connectivity index (χ0n) is 16.3. The molecule has 4 rings (SSSR count). The fourth-order valence-corrected chi connectivity index (χ4v) is 3.90. The molecule has 2 aromatic rings. The first-order chi connectivity index (χ1) is 13.6. The number of benzene rings is 2. The van der Waals surface area contributed by atoms with E-state index >= 15 is 0 Å². The Kier molecular flexibility index (Phi) is 5.09. The highest BCUT2D eigenvalue weighted by atomic mass is 16.5. The number of methoxy groups -OCH3 is 1. The second-order valence-corrected chi connectivity index (χ2v) is 7.47. The fourth-order valence-electron chi connectivity index (χ4n) is 3.90. The van der Waals surface area contributed by atoms with Crippen LogP contribution < -0.4 is 9.47 Å². The minimum absolute atomic E-state index is 0.154. The van der Waals surface area contributed by atoms with Crippen molar-refractivity contribution in [3.63, 3.8) is 0 Å². The van der Waals surface area contributed by atoms with Gasteiger partial charge in [-0.15, -0.1) is 0 Å². The number of phenols is 1. The molecule has 0 aliphatic carbocycles. The van der Waals surface area contributed by atoms with Crippen molar-refractivity contribution in [2.45, 2.75) is 38.8 Å². The molecular weight excluding hydrogens is 354 g/mol. The molecule has 5 nitrogen and oxygen atoms in total.